The highest BCUT2D eigenvalue weighted by Gasteiger charge is 1.87. The van der Waals surface area contributed by atoms with Crippen LogP contribution in [0.3, 0.4) is 0 Å². The fourth-order valence-corrected chi connectivity index (χ4v) is 1.05. The Morgan fingerprint density at radius 3 is 1.62 bits per heavy atom. The molecular formula is C12H15N3O. The van der Waals surface area contributed by atoms with Crippen LogP contribution in [0.1, 0.15) is 0 Å². The van der Waals surface area contributed by atoms with Gasteiger partial charge in [0.05, 0.1) is 5.69 Å². The molecule has 0 aliphatic carbocycles. The smallest absolute Gasteiger partial charge is 0.138 e. The van der Waals surface area contributed by atoms with E-state index in [1.807, 2.05) is 6.07 Å². The second kappa shape index (κ2) is 5.50. The van der Waals surface area contributed by atoms with Gasteiger partial charge in [-0.1, -0.05) is 18.2 Å². The molecule has 84 valence electrons. The highest BCUT2D eigenvalue weighted by Crippen LogP contribution is 2.16. The average molecular weight is 217 g/mol. The molecular weight excluding hydrogens is 202 g/mol. The van der Waals surface area contributed by atoms with Gasteiger partial charge in [-0.25, -0.2) is 0 Å². The van der Waals surface area contributed by atoms with E-state index in [4.69, 9.17) is 22.3 Å². The summed E-state index contributed by atoms with van der Waals surface area (Å²) in [6, 6.07) is 13.8. The number of phenolic OH excluding ortho intramolecular Hbond substituents is 1. The van der Waals surface area contributed by atoms with Gasteiger partial charge < -0.3 is 22.3 Å². The van der Waals surface area contributed by atoms with Crippen molar-refractivity contribution in [2.75, 3.05) is 17.2 Å². The minimum atomic E-state index is 0.146. The van der Waals surface area contributed by atoms with Crippen LogP contribution < -0.4 is 17.2 Å². The van der Waals surface area contributed by atoms with Crippen molar-refractivity contribution in [3.63, 3.8) is 0 Å². The standard InChI is InChI=1S/C6H8N2.C6H7NO/c7-5-2-1-3-6(8)4-5;7-5-3-1-2-4-6(5)8/h1-4H,7-8H2;1-4,8H,7H2. The first-order valence-corrected chi connectivity index (χ1v) is 4.74. The van der Waals surface area contributed by atoms with Crippen molar-refractivity contribution in [1.82, 2.24) is 0 Å². The number of anilines is 3. The Morgan fingerprint density at radius 2 is 1.31 bits per heavy atom. The van der Waals surface area contributed by atoms with Crippen LogP contribution in [0.5, 0.6) is 5.75 Å². The van der Waals surface area contributed by atoms with Crippen molar-refractivity contribution in [2.45, 2.75) is 0 Å². The van der Waals surface area contributed by atoms with Crippen molar-refractivity contribution < 1.29 is 5.11 Å². The van der Waals surface area contributed by atoms with Crippen LogP contribution in [0, 0.1) is 0 Å². The molecule has 0 heterocycles. The van der Waals surface area contributed by atoms with E-state index in [9.17, 15) is 0 Å². The first-order valence-electron chi connectivity index (χ1n) is 4.74. The van der Waals surface area contributed by atoms with Crippen molar-refractivity contribution in [3.8, 4) is 5.75 Å². The lowest BCUT2D eigenvalue weighted by atomic mass is 10.3. The van der Waals surface area contributed by atoms with Crippen molar-refractivity contribution >= 4 is 17.1 Å². The van der Waals surface area contributed by atoms with Gasteiger partial charge in [-0.2, -0.15) is 0 Å². The summed E-state index contributed by atoms with van der Waals surface area (Å²) in [6.07, 6.45) is 0. The Morgan fingerprint density at radius 1 is 0.750 bits per heavy atom. The van der Waals surface area contributed by atoms with E-state index in [0.29, 0.717) is 17.1 Å². The number of para-hydroxylation sites is 2. The maximum atomic E-state index is 8.79. The van der Waals surface area contributed by atoms with Crippen molar-refractivity contribution in [1.29, 1.82) is 0 Å². The summed E-state index contributed by atoms with van der Waals surface area (Å²) in [6.45, 7) is 0. The third-order valence-electron chi connectivity index (χ3n) is 1.85. The largest absolute Gasteiger partial charge is 0.506 e. The number of aromatic hydroxyl groups is 1. The number of benzene rings is 2. The topological polar surface area (TPSA) is 98.3 Å². The van der Waals surface area contributed by atoms with E-state index >= 15 is 0 Å². The molecule has 0 unspecified atom stereocenters. The number of phenols is 1. The first kappa shape index (κ1) is 11.7. The third kappa shape index (κ3) is 3.79. The van der Waals surface area contributed by atoms with E-state index < -0.39 is 0 Å². The van der Waals surface area contributed by atoms with Crippen molar-refractivity contribution in [3.05, 3.63) is 48.5 Å². The van der Waals surface area contributed by atoms with E-state index in [-0.39, 0.29) is 5.75 Å². The Balaban J connectivity index is 0.000000160. The van der Waals surface area contributed by atoms with Gasteiger partial charge in [0.1, 0.15) is 5.75 Å². The van der Waals surface area contributed by atoms with Gasteiger partial charge in [0.15, 0.2) is 0 Å². The molecule has 0 fully saturated rings. The molecule has 16 heavy (non-hydrogen) atoms. The summed E-state index contributed by atoms with van der Waals surface area (Å²) in [5.41, 5.74) is 17.9. The molecule has 0 amide bonds. The summed E-state index contributed by atoms with van der Waals surface area (Å²) in [4.78, 5) is 0. The molecule has 0 aliphatic heterocycles. The van der Waals surface area contributed by atoms with Crippen LogP contribution in [0.25, 0.3) is 0 Å². The van der Waals surface area contributed by atoms with Crippen LogP contribution >= 0.6 is 0 Å². The van der Waals surface area contributed by atoms with Gasteiger partial charge in [0.25, 0.3) is 0 Å². The average Bonchev–Trinajstić information content (AvgIpc) is 2.23. The second-order valence-corrected chi connectivity index (χ2v) is 3.23. The number of hydrogen-bond donors (Lipinski definition) is 4. The maximum Gasteiger partial charge on any atom is 0.138 e. The van der Waals surface area contributed by atoms with Gasteiger partial charge in [-0.05, 0) is 30.3 Å². The lowest BCUT2D eigenvalue weighted by Crippen LogP contribution is -1.87. The molecule has 4 heteroatoms. The predicted octanol–water partition coefficient (Wildman–Crippen LogP) is 1.83. The Kier molecular flexibility index (Phi) is 4.03. The quantitative estimate of drug-likeness (QED) is 0.399. The van der Waals surface area contributed by atoms with Gasteiger partial charge in [0.2, 0.25) is 0 Å². The highest BCUT2D eigenvalue weighted by atomic mass is 16.3. The van der Waals surface area contributed by atoms with Crippen LogP contribution in [-0.2, 0) is 0 Å². The lowest BCUT2D eigenvalue weighted by molar-refractivity contribution is 0.478. The van der Waals surface area contributed by atoms with Gasteiger partial charge in [-0.3, -0.25) is 0 Å². The molecule has 0 spiro atoms. The summed E-state index contributed by atoms with van der Waals surface area (Å²) in [5.74, 6) is 0.146. The predicted molar refractivity (Wildman–Crippen MR) is 67.8 cm³/mol. The third-order valence-corrected chi connectivity index (χ3v) is 1.85. The van der Waals surface area contributed by atoms with Crippen LogP contribution in [0.2, 0.25) is 0 Å². The maximum absolute atomic E-state index is 8.79. The Bertz CT molecular complexity index is 419. The summed E-state index contributed by atoms with van der Waals surface area (Å²) < 4.78 is 0. The summed E-state index contributed by atoms with van der Waals surface area (Å²) >= 11 is 0. The number of hydrogen-bond acceptors (Lipinski definition) is 4. The second-order valence-electron chi connectivity index (χ2n) is 3.23. The zero-order chi connectivity index (χ0) is 12.0. The molecule has 0 saturated heterocycles. The minimum Gasteiger partial charge on any atom is -0.506 e. The zero-order valence-electron chi connectivity index (χ0n) is 8.80. The monoisotopic (exact) mass is 217 g/mol. The number of nitrogen functional groups attached to an aromatic ring is 3. The number of nitrogens with two attached hydrogens (primary N) is 3. The van der Waals surface area contributed by atoms with Crippen LogP contribution in [-0.4, -0.2) is 5.11 Å². The highest BCUT2D eigenvalue weighted by molar-refractivity contribution is 5.51. The molecule has 0 aliphatic rings. The molecule has 4 nitrogen and oxygen atoms in total. The van der Waals surface area contributed by atoms with E-state index in [0.717, 1.165) is 0 Å². The SMILES string of the molecule is Nc1cccc(N)c1.Nc1ccccc1O. The fraction of sp³-hybridized carbons (Fsp3) is 0. The van der Waals surface area contributed by atoms with Gasteiger partial charge in [-0.15, -0.1) is 0 Å². The molecule has 0 atom stereocenters. The first-order chi connectivity index (χ1) is 7.59. The van der Waals surface area contributed by atoms with E-state index in [2.05, 4.69) is 0 Å². The Labute approximate surface area is 94.3 Å². The molecule has 2 rings (SSSR count). The van der Waals surface area contributed by atoms with Gasteiger partial charge >= 0.3 is 0 Å². The molecule has 2 aromatic carbocycles. The normalized spacial score (nSPS) is 9.00. The fourth-order valence-electron chi connectivity index (χ4n) is 1.05. The van der Waals surface area contributed by atoms with Crippen molar-refractivity contribution in [2.24, 2.45) is 0 Å². The minimum absolute atomic E-state index is 0.146. The van der Waals surface area contributed by atoms with Crippen LogP contribution in [0.4, 0.5) is 17.1 Å². The van der Waals surface area contributed by atoms with Gasteiger partial charge in [0, 0.05) is 11.4 Å². The number of rotatable bonds is 0. The Hall–Kier alpha value is -2.36. The summed E-state index contributed by atoms with van der Waals surface area (Å²) in [5, 5.41) is 8.79. The zero-order valence-corrected chi connectivity index (χ0v) is 8.80. The van der Waals surface area contributed by atoms with Crippen LogP contribution in [0.15, 0.2) is 48.5 Å². The molecule has 7 N–H and O–H groups in total. The molecule has 0 aromatic heterocycles. The molecule has 0 bridgehead atoms. The molecule has 2 aromatic rings. The summed E-state index contributed by atoms with van der Waals surface area (Å²) in [7, 11) is 0. The molecule has 0 radical (unpaired) electrons. The molecule has 0 saturated carbocycles. The lowest BCUT2D eigenvalue weighted by Gasteiger charge is -1.92. The van der Waals surface area contributed by atoms with E-state index in [1.165, 1.54) is 0 Å². The van der Waals surface area contributed by atoms with E-state index in [1.54, 1.807) is 42.5 Å².